The maximum absolute atomic E-state index is 12.1. The Morgan fingerprint density at radius 3 is 3.14 bits per heavy atom. The molecule has 0 radical (unpaired) electrons. The molecule has 0 spiro atoms. The van der Waals surface area contributed by atoms with Gasteiger partial charge in [-0.1, -0.05) is 6.92 Å². The molecule has 1 aromatic heterocycles. The van der Waals surface area contributed by atoms with E-state index in [0.29, 0.717) is 32.3 Å². The Bertz CT molecular complexity index is 468. The number of nitrogens with zero attached hydrogens (tertiary/aromatic N) is 3. The van der Waals surface area contributed by atoms with Gasteiger partial charge >= 0.3 is 0 Å². The van der Waals surface area contributed by atoms with Crippen LogP contribution >= 0.6 is 0 Å². The highest BCUT2D eigenvalue weighted by molar-refractivity contribution is 5.85. The maximum atomic E-state index is 12.1. The number of hydrogen-bond donors (Lipinski definition) is 2. The first-order valence-corrected chi connectivity index (χ1v) is 7.45. The van der Waals surface area contributed by atoms with Gasteiger partial charge in [0.05, 0.1) is 13.2 Å². The van der Waals surface area contributed by atoms with Crippen LogP contribution in [0.25, 0.3) is 0 Å². The Morgan fingerprint density at radius 2 is 2.38 bits per heavy atom. The molecular formula is C14H23N5O2. The number of morpholine rings is 1. The second kappa shape index (κ2) is 7.78. The summed E-state index contributed by atoms with van der Waals surface area (Å²) >= 11 is 0. The zero-order valence-electron chi connectivity index (χ0n) is 12.6. The smallest absolute Gasteiger partial charge is 0.245 e. The average Bonchev–Trinajstić information content (AvgIpc) is 2.53. The van der Waals surface area contributed by atoms with Crippen LogP contribution in [0.15, 0.2) is 12.3 Å². The minimum Gasteiger partial charge on any atom is -0.377 e. The van der Waals surface area contributed by atoms with Crippen molar-refractivity contribution in [3.05, 3.63) is 12.3 Å². The lowest BCUT2D eigenvalue weighted by Gasteiger charge is -2.35. The minimum atomic E-state index is -0.340. The summed E-state index contributed by atoms with van der Waals surface area (Å²) in [6.07, 6.45) is 2.72. The molecule has 1 aromatic rings. The van der Waals surface area contributed by atoms with Crippen molar-refractivity contribution in [2.45, 2.75) is 26.3 Å². The Morgan fingerprint density at radius 1 is 1.52 bits per heavy atom. The maximum Gasteiger partial charge on any atom is 0.245 e. The van der Waals surface area contributed by atoms with Gasteiger partial charge in [-0.2, -0.15) is 4.98 Å². The van der Waals surface area contributed by atoms with Crippen LogP contribution < -0.4 is 15.5 Å². The van der Waals surface area contributed by atoms with Gasteiger partial charge in [0.15, 0.2) is 0 Å². The molecule has 1 aliphatic heterocycles. The van der Waals surface area contributed by atoms with Crippen molar-refractivity contribution in [2.75, 3.05) is 43.1 Å². The molecule has 1 amide bonds. The Kier molecular flexibility index (Phi) is 5.74. The lowest BCUT2D eigenvalue weighted by molar-refractivity contribution is -0.124. The van der Waals surface area contributed by atoms with E-state index in [1.165, 1.54) is 0 Å². The zero-order chi connectivity index (χ0) is 15.1. The zero-order valence-corrected chi connectivity index (χ0v) is 12.6. The summed E-state index contributed by atoms with van der Waals surface area (Å²) in [6, 6.07) is 1.49. The number of carbonyl (C=O) groups excluding carboxylic acids is 1. The molecule has 2 N–H and O–H groups in total. The predicted molar refractivity (Wildman–Crippen MR) is 81.4 cm³/mol. The Balaban J connectivity index is 2.14. The van der Waals surface area contributed by atoms with E-state index in [-0.39, 0.29) is 11.9 Å². The quantitative estimate of drug-likeness (QED) is 0.801. The molecule has 1 aliphatic rings. The van der Waals surface area contributed by atoms with Crippen LogP contribution in [0.1, 0.15) is 20.3 Å². The van der Waals surface area contributed by atoms with Gasteiger partial charge in [-0.15, -0.1) is 0 Å². The topological polar surface area (TPSA) is 79.4 Å². The number of carbonyl (C=O) groups is 1. The van der Waals surface area contributed by atoms with E-state index in [1.54, 1.807) is 6.20 Å². The molecular weight excluding hydrogens is 270 g/mol. The molecule has 7 nitrogen and oxygen atoms in total. The Hall–Kier alpha value is -1.89. The molecule has 21 heavy (non-hydrogen) atoms. The van der Waals surface area contributed by atoms with E-state index in [9.17, 15) is 4.79 Å². The van der Waals surface area contributed by atoms with Gasteiger partial charge in [-0.05, 0) is 19.4 Å². The molecule has 2 rings (SSSR count). The van der Waals surface area contributed by atoms with Gasteiger partial charge in [0, 0.05) is 25.8 Å². The van der Waals surface area contributed by atoms with Gasteiger partial charge in [0.25, 0.3) is 0 Å². The summed E-state index contributed by atoms with van der Waals surface area (Å²) in [4.78, 5) is 22.8. The SMILES string of the molecule is CCCNc1nccc(N2CCOCC2C(=O)NCC)n1. The molecule has 0 aliphatic carbocycles. The van der Waals surface area contributed by atoms with E-state index >= 15 is 0 Å². The van der Waals surface area contributed by atoms with Crippen LogP contribution in [0.2, 0.25) is 0 Å². The van der Waals surface area contributed by atoms with Crippen molar-refractivity contribution in [3.63, 3.8) is 0 Å². The van der Waals surface area contributed by atoms with Crippen molar-refractivity contribution in [1.29, 1.82) is 0 Å². The lowest BCUT2D eigenvalue weighted by atomic mass is 10.2. The number of likely N-dealkylation sites (N-methyl/N-ethyl adjacent to an activating group) is 1. The van der Waals surface area contributed by atoms with Crippen molar-refractivity contribution in [2.24, 2.45) is 0 Å². The lowest BCUT2D eigenvalue weighted by Crippen LogP contribution is -2.54. The molecule has 2 heterocycles. The monoisotopic (exact) mass is 293 g/mol. The van der Waals surface area contributed by atoms with Crippen molar-refractivity contribution < 1.29 is 9.53 Å². The van der Waals surface area contributed by atoms with E-state index in [0.717, 1.165) is 18.8 Å². The van der Waals surface area contributed by atoms with Crippen LogP contribution in [0.5, 0.6) is 0 Å². The van der Waals surface area contributed by atoms with Gasteiger partial charge < -0.3 is 20.3 Å². The molecule has 1 atom stereocenters. The summed E-state index contributed by atoms with van der Waals surface area (Å²) < 4.78 is 5.43. The summed E-state index contributed by atoms with van der Waals surface area (Å²) in [5.41, 5.74) is 0. The number of rotatable bonds is 6. The number of anilines is 2. The van der Waals surface area contributed by atoms with Gasteiger partial charge in [0.1, 0.15) is 11.9 Å². The molecule has 7 heteroatoms. The van der Waals surface area contributed by atoms with Crippen LogP contribution in [0.3, 0.4) is 0 Å². The summed E-state index contributed by atoms with van der Waals surface area (Å²) in [5, 5.41) is 6.01. The van der Waals surface area contributed by atoms with E-state index in [4.69, 9.17) is 4.74 Å². The van der Waals surface area contributed by atoms with Crippen molar-refractivity contribution in [1.82, 2.24) is 15.3 Å². The first-order valence-electron chi connectivity index (χ1n) is 7.45. The van der Waals surface area contributed by atoms with Gasteiger partial charge in [-0.25, -0.2) is 4.98 Å². The normalized spacial score (nSPS) is 18.4. The van der Waals surface area contributed by atoms with Crippen LogP contribution in [-0.2, 0) is 9.53 Å². The molecule has 116 valence electrons. The predicted octanol–water partition coefficient (Wildman–Crippen LogP) is 0.640. The number of nitrogens with one attached hydrogen (secondary N) is 2. The molecule has 1 unspecified atom stereocenters. The second-order valence-electron chi connectivity index (χ2n) is 4.84. The fourth-order valence-corrected chi connectivity index (χ4v) is 2.22. The number of aromatic nitrogens is 2. The van der Waals surface area contributed by atoms with E-state index < -0.39 is 0 Å². The third kappa shape index (κ3) is 4.04. The van der Waals surface area contributed by atoms with E-state index in [1.807, 2.05) is 17.9 Å². The van der Waals surface area contributed by atoms with Crippen LogP contribution in [0.4, 0.5) is 11.8 Å². The van der Waals surface area contributed by atoms with E-state index in [2.05, 4.69) is 27.5 Å². The number of amides is 1. The largest absolute Gasteiger partial charge is 0.377 e. The summed E-state index contributed by atoms with van der Waals surface area (Å²) in [7, 11) is 0. The fraction of sp³-hybridized carbons (Fsp3) is 0.643. The number of ether oxygens (including phenoxy) is 1. The van der Waals surface area contributed by atoms with Crippen LogP contribution in [0, 0.1) is 0 Å². The molecule has 0 saturated carbocycles. The highest BCUT2D eigenvalue weighted by atomic mass is 16.5. The van der Waals surface area contributed by atoms with Crippen molar-refractivity contribution in [3.8, 4) is 0 Å². The van der Waals surface area contributed by atoms with Gasteiger partial charge in [0.2, 0.25) is 11.9 Å². The highest BCUT2D eigenvalue weighted by Crippen LogP contribution is 2.18. The minimum absolute atomic E-state index is 0.0288. The molecule has 0 bridgehead atoms. The van der Waals surface area contributed by atoms with Crippen molar-refractivity contribution >= 4 is 17.7 Å². The molecule has 0 aromatic carbocycles. The average molecular weight is 293 g/mol. The fourth-order valence-electron chi connectivity index (χ4n) is 2.22. The molecule has 1 saturated heterocycles. The Labute approximate surface area is 125 Å². The first-order chi connectivity index (χ1) is 10.3. The summed E-state index contributed by atoms with van der Waals surface area (Å²) in [5.74, 6) is 1.32. The highest BCUT2D eigenvalue weighted by Gasteiger charge is 2.30. The van der Waals surface area contributed by atoms with Crippen LogP contribution in [-0.4, -0.2) is 54.8 Å². The third-order valence-electron chi connectivity index (χ3n) is 3.25. The second-order valence-corrected chi connectivity index (χ2v) is 4.84. The number of hydrogen-bond acceptors (Lipinski definition) is 6. The standard InChI is InChI=1S/C14H23N5O2/c1-3-6-16-14-17-7-5-12(18-14)19-8-9-21-10-11(19)13(20)15-4-2/h5,7,11H,3-4,6,8-10H2,1-2H3,(H,15,20)(H,16,17,18). The summed E-state index contributed by atoms with van der Waals surface area (Å²) in [6.45, 7) is 7.05. The third-order valence-corrected chi connectivity index (χ3v) is 3.25. The van der Waals surface area contributed by atoms with Gasteiger partial charge in [-0.3, -0.25) is 4.79 Å². The molecule has 1 fully saturated rings. The first kappa shape index (κ1) is 15.5.